The van der Waals surface area contributed by atoms with E-state index in [1.54, 1.807) is 18.4 Å². The average molecular weight is 339 g/mol. The molecule has 4 nitrogen and oxygen atoms in total. The van der Waals surface area contributed by atoms with Crippen LogP contribution in [0.4, 0.5) is 8.78 Å². The zero-order chi connectivity index (χ0) is 17.0. The largest absolute Gasteiger partial charge is 0.481 e. The zero-order valence-electron chi connectivity index (χ0n) is 12.4. The molecule has 1 heterocycles. The topological polar surface area (TPSA) is 57.6 Å². The molecule has 0 saturated heterocycles. The summed E-state index contributed by atoms with van der Waals surface area (Å²) in [5.74, 6) is -3.31. The molecule has 1 aromatic heterocycles. The molecule has 0 spiro atoms. The van der Waals surface area contributed by atoms with E-state index in [-0.39, 0.29) is 25.4 Å². The minimum Gasteiger partial charge on any atom is -0.481 e. The zero-order valence-corrected chi connectivity index (χ0v) is 13.2. The van der Waals surface area contributed by atoms with E-state index in [0.29, 0.717) is 10.4 Å². The summed E-state index contributed by atoms with van der Waals surface area (Å²) in [6, 6.07) is 5.17. The number of benzene rings is 1. The Kier molecular flexibility index (Phi) is 5.44. The summed E-state index contributed by atoms with van der Waals surface area (Å²) < 4.78 is 26.3. The third-order valence-electron chi connectivity index (χ3n) is 3.30. The van der Waals surface area contributed by atoms with Crippen LogP contribution in [0.2, 0.25) is 0 Å². The monoisotopic (exact) mass is 339 g/mol. The summed E-state index contributed by atoms with van der Waals surface area (Å²) in [7, 11) is 0. The van der Waals surface area contributed by atoms with Gasteiger partial charge in [0.2, 0.25) is 0 Å². The first-order chi connectivity index (χ1) is 10.9. The van der Waals surface area contributed by atoms with Crippen LogP contribution in [0.1, 0.15) is 27.2 Å². The standard InChI is InChI=1S/C16H15F2NO3S/c1-10-5-7-23-15(10)16(22)19(6-4-14(20)21)9-11-2-3-12(17)13(18)8-11/h2-3,5,7-8H,4,6,9H2,1H3,(H,20,21). The second-order valence-corrected chi connectivity index (χ2v) is 5.97. The van der Waals surface area contributed by atoms with E-state index in [4.69, 9.17) is 5.11 Å². The molecule has 0 aliphatic heterocycles. The van der Waals surface area contributed by atoms with Gasteiger partial charge in [-0.2, -0.15) is 0 Å². The lowest BCUT2D eigenvalue weighted by molar-refractivity contribution is -0.137. The van der Waals surface area contributed by atoms with Gasteiger partial charge in [-0.25, -0.2) is 8.78 Å². The molecular weight excluding hydrogens is 324 g/mol. The molecule has 1 aromatic carbocycles. The van der Waals surface area contributed by atoms with Crippen LogP contribution in [-0.4, -0.2) is 28.4 Å². The number of carboxylic acid groups (broad SMARTS) is 1. The smallest absolute Gasteiger partial charge is 0.305 e. The number of nitrogens with zero attached hydrogens (tertiary/aromatic N) is 1. The average Bonchev–Trinajstić information content (AvgIpc) is 2.92. The summed E-state index contributed by atoms with van der Waals surface area (Å²) >= 11 is 1.26. The molecule has 0 unspecified atom stereocenters. The van der Waals surface area contributed by atoms with Crippen molar-refractivity contribution in [2.24, 2.45) is 0 Å². The molecule has 7 heteroatoms. The van der Waals surface area contributed by atoms with Gasteiger partial charge >= 0.3 is 5.97 Å². The Labute approximate surface area is 136 Å². The SMILES string of the molecule is Cc1ccsc1C(=O)N(CCC(=O)O)Cc1ccc(F)c(F)c1. The number of carbonyl (C=O) groups is 2. The Morgan fingerprint density at radius 2 is 1.96 bits per heavy atom. The Hall–Kier alpha value is -2.28. The van der Waals surface area contributed by atoms with Gasteiger partial charge in [0.25, 0.3) is 5.91 Å². The number of hydrogen-bond donors (Lipinski definition) is 1. The van der Waals surface area contributed by atoms with Gasteiger partial charge in [-0.05, 0) is 41.6 Å². The van der Waals surface area contributed by atoms with Gasteiger partial charge in [0.1, 0.15) is 0 Å². The predicted octanol–water partition coefficient (Wildman–Crippen LogP) is 3.45. The van der Waals surface area contributed by atoms with E-state index < -0.39 is 17.6 Å². The number of aliphatic carboxylic acids is 1. The Bertz CT molecular complexity index is 730. The highest BCUT2D eigenvalue weighted by Gasteiger charge is 2.20. The molecule has 2 aromatic rings. The van der Waals surface area contributed by atoms with Crippen molar-refractivity contribution in [2.45, 2.75) is 19.9 Å². The molecule has 2 rings (SSSR count). The quantitative estimate of drug-likeness (QED) is 0.877. The van der Waals surface area contributed by atoms with Gasteiger partial charge in [0, 0.05) is 13.1 Å². The van der Waals surface area contributed by atoms with Crippen molar-refractivity contribution in [3.05, 3.63) is 57.3 Å². The van der Waals surface area contributed by atoms with E-state index in [2.05, 4.69) is 0 Å². The number of halogens is 2. The molecule has 1 amide bonds. The molecular formula is C16H15F2NO3S. The van der Waals surface area contributed by atoms with Crippen LogP contribution >= 0.6 is 11.3 Å². The Balaban J connectivity index is 2.22. The van der Waals surface area contributed by atoms with Crippen LogP contribution in [0.3, 0.4) is 0 Å². The van der Waals surface area contributed by atoms with Crippen LogP contribution in [0.25, 0.3) is 0 Å². The van der Waals surface area contributed by atoms with Crippen LogP contribution in [0.15, 0.2) is 29.6 Å². The number of aryl methyl sites for hydroxylation is 1. The highest BCUT2D eigenvalue weighted by atomic mass is 32.1. The van der Waals surface area contributed by atoms with E-state index in [1.165, 1.54) is 22.3 Å². The number of carboxylic acids is 1. The highest BCUT2D eigenvalue weighted by molar-refractivity contribution is 7.12. The number of amides is 1. The summed E-state index contributed by atoms with van der Waals surface area (Å²) in [4.78, 5) is 25.2. The third kappa shape index (κ3) is 4.35. The van der Waals surface area contributed by atoms with Crippen molar-refractivity contribution in [1.82, 2.24) is 4.90 Å². The third-order valence-corrected chi connectivity index (χ3v) is 4.30. The molecule has 1 N–H and O–H groups in total. The first-order valence-corrected chi connectivity index (χ1v) is 7.75. The normalized spacial score (nSPS) is 10.6. The van der Waals surface area contributed by atoms with Crippen molar-refractivity contribution in [3.63, 3.8) is 0 Å². The number of thiophene rings is 1. The van der Waals surface area contributed by atoms with Gasteiger partial charge in [0.05, 0.1) is 11.3 Å². The van der Waals surface area contributed by atoms with E-state index in [9.17, 15) is 18.4 Å². The second-order valence-electron chi connectivity index (χ2n) is 5.05. The fraction of sp³-hybridized carbons (Fsp3) is 0.250. The molecule has 0 aliphatic carbocycles. The van der Waals surface area contributed by atoms with E-state index in [1.807, 2.05) is 0 Å². The molecule has 0 saturated carbocycles. The van der Waals surface area contributed by atoms with Gasteiger partial charge in [0.15, 0.2) is 11.6 Å². The highest BCUT2D eigenvalue weighted by Crippen LogP contribution is 2.20. The van der Waals surface area contributed by atoms with Gasteiger partial charge in [-0.3, -0.25) is 9.59 Å². The lowest BCUT2D eigenvalue weighted by atomic mass is 10.1. The fourth-order valence-corrected chi connectivity index (χ4v) is 2.97. The summed E-state index contributed by atoms with van der Waals surface area (Å²) in [6.07, 6.45) is -0.222. The number of rotatable bonds is 6. The van der Waals surface area contributed by atoms with Crippen LogP contribution < -0.4 is 0 Å². The van der Waals surface area contributed by atoms with Crippen molar-refractivity contribution >= 4 is 23.2 Å². The molecule has 0 aliphatic rings. The van der Waals surface area contributed by atoms with Gasteiger partial charge < -0.3 is 10.0 Å². The second kappa shape index (κ2) is 7.32. The minimum atomic E-state index is -1.03. The predicted molar refractivity (Wildman–Crippen MR) is 82.4 cm³/mol. The van der Waals surface area contributed by atoms with Gasteiger partial charge in [-0.1, -0.05) is 6.07 Å². The fourth-order valence-electron chi connectivity index (χ4n) is 2.08. The number of carbonyl (C=O) groups excluding carboxylic acids is 1. The molecule has 0 bridgehead atoms. The maximum absolute atomic E-state index is 13.3. The van der Waals surface area contributed by atoms with Gasteiger partial charge in [-0.15, -0.1) is 11.3 Å². The Morgan fingerprint density at radius 1 is 1.22 bits per heavy atom. The first kappa shape index (κ1) is 17.1. The maximum Gasteiger partial charge on any atom is 0.305 e. The lowest BCUT2D eigenvalue weighted by Crippen LogP contribution is -2.32. The Morgan fingerprint density at radius 3 is 2.52 bits per heavy atom. The molecule has 23 heavy (non-hydrogen) atoms. The number of hydrogen-bond acceptors (Lipinski definition) is 3. The van der Waals surface area contributed by atoms with E-state index in [0.717, 1.165) is 17.7 Å². The van der Waals surface area contributed by atoms with Crippen molar-refractivity contribution in [3.8, 4) is 0 Å². The van der Waals surface area contributed by atoms with Crippen LogP contribution in [0.5, 0.6) is 0 Å². The van der Waals surface area contributed by atoms with Crippen molar-refractivity contribution < 1.29 is 23.5 Å². The summed E-state index contributed by atoms with van der Waals surface area (Å²) in [5, 5.41) is 10.6. The lowest BCUT2D eigenvalue weighted by Gasteiger charge is -2.22. The minimum absolute atomic E-state index is 0.00942. The van der Waals surface area contributed by atoms with Crippen LogP contribution in [0, 0.1) is 18.6 Å². The van der Waals surface area contributed by atoms with E-state index >= 15 is 0 Å². The molecule has 0 atom stereocenters. The van der Waals surface area contributed by atoms with Crippen LogP contribution in [-0.2, 0) is 11.3 Å². The molecule has 0 radical (unpaired) electrons. The summed E-state index contributed by atoms with van der Waals surface area (Å²) in [6.45, 7) is 1.79. The van der Waals surface area contributed by atoms with Crippen molar-refractivity contribution in [2.75, 3.05) is 6.54 Å². The van der Waals surface area contributed by atoms with Crippen molar-refractivity contribution in [1.29, 1.82) is 0 Å². The maximum atomic E-state index is 13.3. The molecule has 0 fully saturated rings. The summed E-state index contributed by atoms with van der Waals surface area (Å²) in [5.41, 5.74) is 1.20. The first-order valence-electron chi connectivity index (χ1n) is 6.87. The molecule has 122 valence electrons.